The van der Waals surface area contributed by atoms with Crippen molar-refractivity contribution < 1.29 is 37.0 Å². The van der Waals surface area contributed by atoms with Crippen molar-refractivity contribution in [1.29, 1.82) is 0 Å². The summed E-state index contributed by atoms with van der Waals surface area (Å²) in [7, 11) is 0. The van der Waals surface area contributed by atoms with Crippen molar-refractivity contribution in [3.05, 3.63) is 187 Å². The number of aromatic nitrogens is 3. The molecule has 0 radical (unpaired) electrons. The number of benzene rings is 8. The largest absolute Gasteiger partial charge is 0.309 e. The van der Waals surface area contributed by atoms with E-state index in [0.29, 0.717) is 0 Å². The van der Waals surface area contributed by atoms with Crippen molar-refractivity contribution in [2.75, 3.05) is 0 Å². The van der Waals surface area contributed by atoms with E-state index in [-0.39, 0.29) is 22.3 Å². The van der Waals surface area contributed by atoms with Crippen molar-refractivity contribution in [3.8, 4) is 28.2 Å². The molecule has 3 heteroatoms. The zero-order valence-corrected chi connectivity index (χ0v) is 25.7. The Labute approximate surface area is 332 Å². The molecular weight excluding hydrogens is 619 g/mol. The van der Waals surface area contributed by atoms with Gasteiger partial charge in [-0.25, -0.2) is 0 Å². The molecule has 0 saturated carbocycles. The lowest BCUT2D eigenvalue weighted by Gasteiger charge is -2.13. The highest BCUT2D eigenvalue weighted by Crippen LogP contribution is 2.41. The first kappa shape index (κ1) is 12.5. The fourth-order valence-electron chi connectivity index (χ4n) is 6.64. The van der Waals surface area contributed by atoms with Gasteiger partial charge in [0.1, 0.15) is 0 Å². The Bertz CT molecular complexity index is 4580. The summed E-state index contributed by atoms with van der Waals surface area (Å²) in [4.78, 5) is 0. The highest BCUT2D eigenvalue weighted by molar-refractivity contribution is 6.17. The van der Waals surface area contributed by atoms with Gasteiger partial charge in [-0.05, 0) is 71.6 Å². The van der Waals surface area contributed by atoms with Crippen LogP contribution in [0, 0.1) is 0 Å². The molecule has 0 aliphatic carbocycles. The van der Waals surface area contributed by atoms with E-state index >= 15 is 0 Å². The van der Waals surface area contributed by atoms with Gasteiger partial charge in [-0.2, -0.15) is 0 Å². The van der Waals surface area contributed by atoms with Gasteiger partial charge in [0.2, 0.25) is 0 Å². The molecule has 3 heterocycles. The normalized spacial score (nSPS) is 19.3. The highest BCUT2D eigenvalue weighted by Gasteiger charge is 2.20. The molecule has 0 amide bonds. The maximum atomic E-state index is 10.2. The number of rotatable bonds is 4. The summed E-state index contributed by atoms with van der Waals surface area (Å²) in [5, 5.41) is -2.87. The van der Waals surface area contributed by atoms with Crippen LogP contribution in [-0.4, -0.2) is 13.7 Å². The van der Waals surface area contributed by atoms with Crippen LogP contribution in [-0.2, 0) is 0 Å². The van der Waals surface area contributed by atoms with E-state index < -0.39 is 234 Å². The first-order chi connectivity index (χ1) is 36.6. The van der Waals surface area contributed by atoms with Crippen LogP contribution in [0.4, 0.5) is 0 Å². The fraction of sp³-hybridized carbons (Fsp3) is 0. The van der Waals surface area contributed by atoms with Crippen molar-refractivity contribution in [2.24, 2.45) is 0 Å². The highest BCUT2D eigenvalue weighted by atomic mass is 15.0. The molecule has 0 saturated heterocycles. The summed E-state index contributed by atoms with van der Waals surface area (Å²) >= 11 is 0. The van der Waals surface area contributed by atoms with Crippen molar-refractivity contribution in [2.45, 2.75) is 0 Å². The Kier molecular flexibility index (Phi) is 2.65. The Hall–Kier alpha value is -6.84. The van der Waals surface area contributed by atoms with Crippen molar-refractivity contribution in [1.82, 2.24) is 13.7 Å². The second kappa shape index (κ2) is 10.8. The van der Waals surface area contributed by atoms with Gasteiger partial charge in [-0.3, -0.25) is 0 Å². The smallest absolute Gasteiger partial charge is 0.0667 e. The Morgan fingerprint density at radius 2 is 0.804 bits per heavy atom. The van der Waals surface area contributed by atoms with Gasteiger partial charge in [0.25, 0.3) is 0 Å². The third kappa shape index (κ3) is 4.06. The van der Waals surface area contributed by atoms with E-state index in [4.69, 9.17) is 23.3 Å². The monoisotopic (exact) mass is 676 g/mol. The summed E-state index contributed by atoms with van der Waals surface area (Å²) in [5.41, 5.74) is -4.70. The van der Waals surface area contributed by atoms with E-state index in [9.17, 15) is 13.7 Å². The molecule has 11 aromatic rings. The Morgan fingerprint density at radius 3 is 1.45 bits per heavy atom. The zero-order chi connectivity index (χ0) is 57.0. The van der Waals surface area contributed by atoms with Gasteiger partial charge in [-0.1, -0.05) is 127 Å². The maximum absolute atomic E-state index is 10.2. The van der Waals surface area contributed by atoms with E-state index in [1.54, 1.807) is 0 Å². The molecule has 0 atom stereocenters. The zero-order valence-electron chi connectivity index (χ0n) is 52.7. The third-order valence-electron chi connectivity index (χ3n) is 8.74. The van der Waals surface area contributed by atoms with Crippen LogP contribution in [0.3, 0.4) is 0 Å². The standard InChI is InChI=1S/C48H31N3/c1-2-13-32(14-3-1)33-25-27-34(28-26-33)49-44-22-11-7-18-40(44)48-45(49)23-12-24-46(48)51-43-21-10-6-17-38(43)39-30-29-35(31-47(39)51)50-41-19-8-4-15-36(41)37-16-5-9-20-42(37)50/h1-31H/i1D,2D,3D,4D,5D,6D,7D,8D,9D,10D,11D,12D,13D,14D,15D,16D,17D,18D,19D,20D,21D,22D,23D,24D,29D,30D,31D. The molecule has 0 N–H and O–H groups in total. The lowest BCUT2D eigenvalue weighted by Crippen LogP contribution is -1.98. The predicted octanol–water partition coefficient (Wildman–Crippen LogP) is 12.6. The van der Waals surface area contributed by atoms with Crippen LogP contribution in [0.15, 0.2) is 187 Å². The van der Waals surface area contributed by atoms with Gasteiger partial charge >= 0.3 is 0 Å². The minimum absolute atomic E-state index is 0.00638. The molecule has 0 aliphatic heterocycles. The lowest BCUT2D eigenvalue weighted by atomic mass is 10.1. The summed E-state index contributed by atoms with van der Waals surface area (Å²) < 4.78 is 246. The molecule has 11 rings (SSSR count). The van der Waals surface area contributed by atoms with Gasteiger partial charge in [0.15, 0.2) is 0 Å². The minimum atomic E-state index is -0.950. The van der Waals surface area contributed by atoms with Crippen LogP contribution >= 0.6 is 0 Å². The van der Waals surface area contributed by atoms with E-state index in [1.165, 1.54) is 24.3 Å². The summed E-state index contributed by atoms with van der Waals surface area (Å²) in [6.07, 6.45) is 0. The van der Waals surface area contributed by atoms with Gasteiger partial charge < -0.3 is 13.7 Å². The van der Waals surface area contributed by atoms with E-state index in [1.807, 2.05) is 0 Å². The molecule has 51 heavy (non-hydrogen) atoms. The number of hydrogen-bond donors (Lipinski definition) is 0. The lowest BCUT2D eigenvalue weighted by molar-refractivity contribution is 1.16. The van der Waals surface area contributed by atoms with Crippen molar-refractivity contribution >= 4 is 65.4 Å². The van der Waals surface area contributed by atoms with Gasteiger partial charge in [0, 0.05) is 43.7 Å². The average Bonchev–Trinajstić information content (AvgIpc) is 4.09. The molecule has 0 spiro atoms. The number of nitrogens with zero attached hydrogens (tertiary/aromatic N) is 3. The second-order valence-electron chi connectivity index (χ2n) is 11.3. The third-order valence-corrected chi connectivity index (χ3v) is 8.74. The number of para-hydroxylation sites is 4. The first-order valence-corrected chi connectivity index (χ1v) is 15.3. The molecule has 0 unspecified atom stereocenters. The van der Waals surface area contributed by atoms with Crippen LogP contribution in [0.1, 0.15) is 37.0 Å². The Morgan fingerprint density at radius 1 is 0.314 bits per heavy atom. The average molecular weight is 677 g/mol. The summed E-state index contributed by atoms with van der Waals surface area (Å²) in [6.45, 7) is 0. The quantitative estimate of drug-likeness (QED) is 0.176. The number of fused-ring (bicyclic) bond motifs is 9. The van der Waals surface area contributed by atoms with E-state index in [2.05, 4.69) is 0 Å². The summed E-state index contributed by atoms with van der Waals surface area (Å²) in [6, 6.07) is -16.2. The fourth-order valence-corrected chi connectivity index (χ4v) is 6.64. The van der Waals surface area contributed by atoms with Crippen LogP contribution in [0.25, 0.3) is 93.6 Å². The molecule has 238 valence electrons. The number of hydrogen-bond acceptors (Lipinski definition) is 0. The topological polar surface area (TPSA) is 14.8 Å². The SMILES string of the molecule is [2H]c1c([2H])c([2H])c(-c2ccc(-n3c4c([2H])c([2H])c([2H])c([2H])c4c4c(-n5c6c([2H])c([2H])c([2H])c([2H])c6c6c([2H])c([2H])c(-n7c8c([2H])c([2H])c([2H])c([2H])c8c8c([2H])c([2H])c([2H])c([2H])c87)c([2H])c65)c([2H])c([2H])c([2H])c43)cc2)c([2H])c1[2H]. The molecule has 8 aromatic carbocycles. The maximum Gasteiger partial charge on any atom is 0.0667 e. The molecule has 3 aromatic heterocycles. The summed E-state index contributed by atoms with van der Waals surface area (Å²) in [5.74, 6) is 0. The minimum Gasteiger partial charge on any atom is -0.309 e. The predicted molar refractivity (Wildman–Crippen MR) is 215 cm³/mol. The molecule has 3 nitrogen and oxygen atoms in total. The molecular formula is C48H31N3. The first-order valence-electron chi connectivity index (χ1n) is 28.8. The molecule has 0 aliphatic rings. The van der Waals surface area contributed by atoms with E-state index in [0.717, 1.165) is 13.7 Å². The van der Waals surface area contributed by atoms with Crippen LogP contribution in [0.2, 0.25) is 0 Å². The van der Waals surface area contributed by atoms with Crippen LogP contribution < -0.4 is 0 Å². The molecule has 0 bridgehead atoms. The van der Waals surface area contributed by atoms with Crippen LogP contribution in [0.5, 0.6) is 0 Å². The van der Waals surface area contributed by atoms with Crippen molar-refractivity contribution in [3.63, 3.8) is 0 Å². The Balaban J connectivity index is 1.39. The van der Waals surface area contributed by atoms with Gasteiger partial charge in [-0.15, -0.1) is 0 Å². The van der Waals surface area contributed by atoms with Gasteiger partial charge in [0.05, 0.1) is 75.8 Å². The second-order valence-corrected chi connectivity index (χ2v) is 11.3. The molecule has 0 fully saturated rings.